The monoisotopic (exact) mass is 440 g/mol. The molecule has 1 amide bonds. The van der Waals surface area contributed by atoms with E-state index in [1.54, 1.807) is 26.0 Å². The van der Waals surface area contributed by atoms with Crippen molar-refractivity contribution < 1.29 is 14.3 Å². The number of para-hydroxylation sites is 1. The highest BCUT2D eigenvalue weighted by Crippen LogP contribution is 2.52. The Morgan fingerprint density at radius 1 is 1.13 bits per heavy atom. The summed E-state index contributed by atoms with van der Waals surface area (Å²) in [5.41, 5.74) is 3.70. The zero-order valence-electron chi connectivity index (χ0n) is 18.6. The highest BCUT2D eigenvalue weighted by Gasteiger charge is 2.53. The molecule has 0 unspecified atom stereocenters. The Bertz CT molecular complexity index is 911. The van der Waals surface area contributed by atoms with E-state index in [4.69, 9.17) is 9.47 Å². The van der Waals surface area contributed by atoms with Gasteiger partial charge in [0.1, 0.15) is 5.75 Å². The van der Waals surface area contributed by atoms with Gasteiger partial charge in [-0.1, -0.05) is 42.5 Å². The van der Waals surface area contributed by atoms with Crippen LogP contribution in [0.15, 0.2) is 48.5 Å². The second-order valence-corrected chi connectivity index (χ2v) is 9.33. The molecular formula is C25H32N2O3S. The number of nitrogens with zero attached hydrogens (tertiary/aromatic N) is 1. The van der Waals surface area contributed by atoms with E-state index in [-0.39, 0.29) is 23.5 Å². The van der Waals surface area contributed by atoms with Gasteiger partial charge < -0.3 is 14.8 Å². The quantitative estimate of drug-likeness (QED) is 0.710. The van der Waals surface area contributed by atoms with Gasteiger partial charge in [-0.2, -0.15) is 11.8 Å². The van der Waals surface area contributed by atoms with Gasteiger partial charge in [0.15, 0.2) is 0 Å². The molecule has 0 bridgehead atoms. The van der Waals surface area contributed by atoms with E-state index in [9.17, 15) is 4.79 Å². The molecule has 6 heteroatoms. The van der Waals surface area contributed by atoms with Crippen LogP contribution in [0.4, 0.5) is 0 Å². The van der Waals surface area contributed by atoms with Gasteiger partial charge in [0.25, 0.3) is 0 Å². The summed E-state index contributed by atoms with van der Waals surface area (Å²) >= 11 is 1.54. The normalized spacial score (nSPS) is 22.3. The molecule has 2 aromatic carbocycles. The van der Waals surface area contributed by atoms with Crippen molar-refractivity contribution in [1.29, 1.82) is 0 Å². The molecule has 0 aromatic heterocycles. The molecule has 1 fully saturated rings. The van der Waals surface area contributed by atoms with E-state index < -0.39 is 0 Å². The lowest BCUT2D eigenvalue weighted by Crippen LogP contribution is -2.50. The largest absolute Gasteiger partial charge is 0.496 e. The minimum atomic E-state index is -0.0957. The van der Waals surface area contributed by atoms with Crippen LogP contribution in [-0.4, -0.2) is 56.2 Å². The molecule has 1 spiro atoms. The maximum atomic E-state index is 12.4. The summed E-state index contributed by atoms with van der Waals surface area (Å²) in [5, 5.41) is 3.26. The number of hydrogen-bond acceptors (Lipinski definition) is 5. The molecule has 2 aromatic rings. The maximum absolute atomic E-state index is 12.4. The minimum Gasteiger partial charge on any atom is -0.496 e. The molecule has 5 nitrogen and oxygen atoms in total. The lowest BCUT2D eigenvalue weighted by molar-refractivity contribution is -0.121. The molecule has 2 aliphatic rings. The molecule has 166 valence electrons. The second-order valence-electron chi connectivity index (χ2n) is 8.47. The minimum absolute atomic E-state index is 0.0517. The molecule has 2 atom stereocenters. The molecule has 0 saturated carbocycles. The number of ether oxygens (including phenoxy) is 2. The van der Waals surface area contributed by atoms with E-state index in [0.717, 1.165) is 38.2 Å². The van der Waals surface area contributed by atoms with Crippen LogP contribution in [0, 0.1) is 0 Å². The fraction of sp³-hybridized carbons (Fsp3) is 0.480. The Kier molecular flexibility index (Phi) is 6.89. The standard InChI is InChI=1S/C25H32N2O3S/c1-29-21-11-7-4-8-18(21)16-27-14-12-25(13-15-27)20-10-6-5-9-19(20)23(24(25)30-2)26-22(28)17-31-3/h4-11,23-24H,12-17H2,1-3H3,(H,26,28)/t23-,24+/m1/s1. The van der Waals surface area contributed by atoms with Crippen LogP contribution in [0.1, 0.15) is 35.6 Å². The molecule has 1 aliphatic heterocycles. The van der Waals surface area contributed by atoms with E-state index >= 15 is 0 Å². The number of benzene rings is 2. The number of thioether (sulfide) groups is 1. The van der Waals surface area contributed by atoms with Crippen LogP contribution in [-0.2, 0) is 21.5 Å². The molecule has 0 radical (unpaired) electrons. The van der Waals surface area contributed by atoms with Crippen molar-refractivity contribution in [2.24, 2.45) is 0 Å². The summed E-state index contributed by atoms with van der Waals surface area (Å²) in [6, 6.07) is 16.7. The lowest BCUT2D eigenvalue weighted by atomic mass is 9.72. The number of hydrogen-bond donors (Lipinski definition) is 1. The van der Waals surface area contributed by atoms with Gasteiger partial charge in [0.05, 0.1) is 25.0 Å². The predicted octanol–water partition coefficient (Wildman–Crippen LogP) is 3.78. The molecule has 31 heavy (non-hydrogen) atoms. The number of likely N-dealkylation sites (tertiary alicyclic amines) is 1. The maximum Gasteiger partial charge on any atom is 0.230 e. The Hall–Kier alpha value is -2.02. The van der Waals surface area contributed by atoms with E-state index in [1.165, 1.54) is 16.7 Å². The molecular weight excluding hydrogens is 408 g/mol. The fourth-order valence-corrected chi connectivity index (χ4v) is 5.80. The molecule has 1 aliphatic carbocycles. The summed E-state index contributed by atoms with van der Waals surface area (Å²) in [4.78, 5) is 14.9. The van der Waals surface area contributed by atoms with Crippen molar-refractivity contribution in [2.45, 2.75) is 36.9 Å². The summed E-state index contributed by atoms with van der Waals surface area (Å²) in [7, 11) is 3.52. The Morgan fingerprint density at radius 3 is 2.55 bits per heavy atom. The number of nitrogens with one attached hydrogen (secondary N) is 1. The Morgan fingerprint density at radius 2 is 1.84 bits per heavy atom. The first-order valence-electron chi connectivity index (χ1n) is 10.9. The van der Waals surface area contributed by atoms with Gasteiger partial charge in [0.2, 0.25) is 5.91 Å². The van der Waals surface area contributed by atoms with Crippen LogP contribution in [0.5, 0.6) is 5.75 Å². The smallest absolute Gasteiger partial charge is 0.230 e. The predicted molar refractivity (Wildman–Crippen MR) is 126 cm³/mol. The highest BCUT2D eigenvalue weighted by molar-refractivity contribution is 7.99. The summed E-state index contributed by atoms with van der Waals surface area (Å²) in [6.07, 6.45) is 3.91. The molecule has 1 heterocycles. The van der Waals surface area contributed by atoms with Gasteiger partial charge >= 0.3 is 0 Å². The van der Waals surface area contributed by atoms with Crippen LogP contribution in [0.2, 0.25) is 0 Å². The Labute approximate surface area is 189 Å². The Balaban J connectivity index is 1.55. The molecule has 1 saturated heterocycles. The zero-order valence-corrected chi connectivity index (χ0v) is 19.4. The first-order chi connectivity index (χ1) is 15.1. The molecule has 4 rings (SSSR count). The van der Waals surface area contributed by atoms with Crippen molar-refractivity contribution in [1.82, 2.24) is 10.2 Å². The van der Waals surface area contributed by atoms with Gasteiger partial charge in [-0.05, 0) is 49.4 Å². The molecule has 1 N–H and O–H groups in total. The number of rotatable bonds is 7. The average Bonchev–Trinajstić information content (AvgIpc) is 3.04. The fourth-order valence-electron chi connectivity index (χ4n) is 5.46. The zero-order chi connectivity index (χ0) is 21.8. The number of fused-ring (bicyclic) bond motifs is 2. The average molecular weight is 441 g/mol. The number of piperidine rings is 1. The number of carbonyl (C=O) groups excluding carboxylic acids is 1. The van der Waals surface area contributed by atoms with Crippen molar-refractivity contribution >= 4 is 17.7 Å². The lowest BCUT2D eigenvalue weighted by Gasteiger charge is -2.44. The van der Waals surface area contributed by atoms with Gasteiger partial charge in [-0.3, -0.25) is 9.69 Å². The summed E-state index contributed by atoms with van der Waals surface area (Å²) in [6.45, 7) is 2.85. The van der Waals surface area contributed by atoms with Gasteiger partial charge in [-0.15, -0.1) is 0 Å². The first kappa shape index (κ1) is 22.2. The van der Waals surface area contributed by atoms with E-state index in [2.05, 4.69) is 46.6 Å². The SMILES string of the molecule is COc1ccccc1CN1CCC2(CC1)c1ccccc1[C@@H](NC(=O)CSC)[C@@H]2OC. The van der Waals surface area contributed by atoms with Crippen LogP contribution >= 0.6 is 11.8 Å². The summed E-state index contributed by atoms with van der Waals surface area (Å²) in [5.74, 6) is 1.48. The van der Waals surface area contributed by atoms with Gasteiger partial charge in [0, 0.05) is 24.6 Å². The van der Waals surface area contributed by atoms with Crippen LogP contribution in [0.3, 0.4) is 0 Å². The van der Waals surface area contributed by atoms with E-state index in [0.29, 0.717) is 5.75 Å². The third kappa shape index (κ3) is 4.21. The first-order valence-corrected chi connectivity index (χ1v) is 12.3. The van der Waals surface area contributed by atoms with Crippen molar-refractivity contribution in [2.75, 3.05) is 39.3 Å². The second kappa shape index (κ2) is 9.63. The number of carbonyl (C=O) groups is 1. The third-order valence-corrected chi connectivity index (χ3v) is 7.41. The van der Waals surface area contributed by atoms with Crippen molar-refractivity contribution in [3.05, 3.63) is 65.2 Å². The van der Waals surface area contributed by atoms with Crippen LogP contribution < -0.4 is 10.1 Å². The third-order valence-electron chi connectivity index (χ3n) is 6.86. The van der Waals surface area contributed by atoms with E-state index in [1.807, 2.05) is 18.4 Å². The summed E-state index contributed by atoms with van der Waals surface area (Å²) < 4.78 is 11.7. The topological polar surface area (TPSA) is 50.8 Å². The van der Waals surface area contributed by atoms with Crippen molar-refractivity contribution in [3.8, 4) is 5.75 Å². The number of amides is 1. The van der Waals surface area contributed by atoms with Gasteiger partial charge in [-0.25, -0.2) is 0 Å². The highest BCUT2D eigenvalue weighted by atomic mass is 32.2. The number of methoxy groups -OCH3 is 2. The van der Waals surface area contributed by atoms with Crippen molar-refractivity contribution in [3.63, 3.8) is 0 Å². The van der Waals surface area contributed by atoms with Crippen LogP contribution in [0.25, 0.3) is 0 Å².